The molecule has 0 bridgehead atoms. The molecule has 2 aromatic carbocycles. The topological polar surface area (TPSA) is 84.2 Å². The summed E-state index contributed by atoms with van der Waals surface area (Å²) in [6.45, 7) is 1.62. The first kappa shape index (κ1) is 14.3. The Hall–Kier alpha value is -2.12. The van der Waals surface area contributed by atoms with Crippen LogP contribution in [0.3, 0.4) is 0 Å². The molecule has 0 saturated heterocycles. The van der Waals surface area contributed by atoms with E-state index in [9.17, 15) is 12.8 Å². The van der Waals surface area contributed by atoms with Gasteiger partial charge in [-0.05, 0) is 30.7 Å². The minimum Gasteiger partial charge on any atom is -0.323 e. The van der Waals surface area contributed by atoms with E-state index in [1.807, 2.05) is 0 Å². The third-order valence-electron chi connectivity index (χ3n) is 2.79. The van der Waals surface area contributed by atoms with Crippen molar-refractivity contribution in [2.45, 2.75) is 11.8 Å². The van der Waals surface area contributed by atoms with Gasteiger partial charge in [-0.1, -0.05) is 24.3 Å². The summed E-state index contributed by atoms with van der Waals surface area (Å²) in [5.74, 6) is 4.65. The van der Waals surface area contributed by atoms with Gasteiger partial charge in [0.1, 0.15) is 10.7 Å². The third-order valence-corrected chi connectivity index (χ3v) is 4.20. The minimum absolute atomic E-state index is 0.0508. The fraction of sp³-hybridized carbons (Fsp3) is 0.0769. The number of sulfonamides is 1. The molecule has 0 aliphatic carbocycles. The summed E-state index contributed by atoms with van der Waals surface area (Å²) in [6.07, 6.45) is 0. The van der Waals surface area contributed by atoms with E-state index in [4.69, 9.17) is 5.84 Å². The summed E-state index contributed by atoms with van der Waals surface area (Å²) in [5.41, 5.74) is 2.96. The highest BCUT2D eigenvalue weighted by Crippen LogP contribution is 2.26. The molecule has 4 N–H and O–H groups in total. The van der Waals surface area contributed by atoms with Crippen LogP contribution in [0.4, 0.5) is 15.8 Å². The third kappa shape index (κ3) is 2.73. The second-order valence-electron chi connectivity index (χ2n) is 4.18. The average molecular weight is 295 g/mol. The Labute approximate surface area is 116 Å². The fourth-order valence-electron chi connectivity index (χ4n) is 1.77. The van der Waals surface area contributed by atoms with Crippen molar-refractivity contribution in [2.24, 2.45) is 5.84 Å². The number of anilines is 2. The number of hydrogen-bond donors (Lipinski definition) is 3. The molecule has 2 aromatic rings. The average Bonchev–Trinajstić information content (AvgIpc) is 2.43. The molecule has 7 heteroatoms. The lowest BCUT2D eigenvalue weighted by molar-refractivity contribution is 0.598. The highest BCUT2D eigenvalue weighted by atomic mass is 32.2. The van der Waals surface area contributed by atoms with Gasteiger partial charge in [-0.3, -0.25) is 10.6 Å². The largest absolute Gasteiger partial charge is 0.323 e. The Morgan fingerprint density at radius 1 is 1.10 bits per heavy atom. The molecular weight excluding hydrogens is 281 g/mol. The predicted molar refractivity (Wildman–Crippen MR) is 76.2 cm³/mol. The maximum absolute atomic E-state index is 13.7. The standard InChI is InChI=1S/C13H14FN3O2S/c1-9-5-4-6-10(14)13(9)17-20(18,19)12-8-3-2-7-11(12)16-15/h2-8,16-17H,15H2,1H3. The molecule has 0 amide bonds. The predicted octanol–water partition coefficient (Wildman–Crippen LogP) is 2.22. The van der Waals surface area contributed by atoms with Crippen molar-refractivity contribution in [3.8, 4) is 0 Å². The van der Waals surface area contributed by atoms with E-state index in [1.54, 1.807) is 25.1 Å². The lowest BCUT2D eigenvalue weighted by Gasteiger charge is -2.13. The highest BCUT2D eigenvalue weighted by molar-refractivity contribution is 7.92. The maximum Gasteiger partial charge on any atom is 0.264 e. The highest BCUT2D eigenvalue weighted by Gasteiger charge is 2.20. The molecule has 0 aromatic heterocycles. The number of rotatable bonds is 4. The molecule has 0 unspecified atom stereocenters. The van der Waals surface area contributed by atoms with E-state index in [1.165, 1.54) is 24.3 Å². The van der Waals surface area contributed by atoms with Crippen molar-refractivity contribution < 1.29 is 12.8 Å². The molecule has 20 heavy (non-hydrogen) atoms. The Kier molecular flexibility index (Phi) is 3.91. The van der Waals surface area contributed by atoms with Crippen LogP contribution >= 0.6 is 0 Å². The van der Waals surface area contributed by atoms with Crippen LogP contribution in [0, 0.1) is 12.7 Å². The molecular formula is C13H14FN3O2S. The molecule has 0 fully saturated rings. The van der Waals surface area contributed by atoms with Gasteiger partial charge in [0.2, 0.25) is 0 Å². The van der Waals surface area contributed by atoms with Crippen LogP contribution in [-0.4, -0.2) is 8.42 Å². The Morgan fingerprint density at radius 3 is 2.45 bits per heavy atom. The number of para-hydroxylation sites is 2. The Morgan fingerprint density at radius 2 is 1.80 bits per heavy atom. The van der Waals surface area contributed by atoms with Crippen LogP contribution in [0.5, 0.6) is 0 Å². The van der Waals surface area contributed by atoms with Crippen LogP contribution in [0.2, 0.25) is 0 Å². The molecule has 106 valence electrons. The van der Waals surface area contributed by atoms with Gasteiger partial charge in [-0.25, -0.2) is 12.8 Å². The van der Waals surface area contributed by atoms with E-state index in [-0.39, 0.29) is 16.3 Å². The van der Waals surface area contributed by atoms with Crippen LogP contribution in [-0.2, 0) is 10.0 Å². The van der Waals surface area contributed by atoms with Gasteiger partial charge in [0.05, 0.1) is 11.4 Å². The summed E-state index contributed by atoms with van der Waals surface area (Å²) in [7, 11) is -3.93. The Bertz CT molecular complexity index is 712. The van der Waals surface area contributed by atoms with E-state index >= 15 is 0 Å². The van der Waals surface area contributed by atoms with E-state index in [0.717, 1.165) is 0 Å². The number of halogens is 1. The van der Waals surface area contributed by atoms with Crippen molar-refractivity contribution in [2.75, 3.05) is 10.1 Å². The molecule has 0 atom stereocenters. The minimum atomic E-state index is -3.93. The number of nitrogen functional groups attached to an aromatic ring is 1. The van der Waals surface area contributed by atoms with Gasteiger partial charge < -0.3 is 5.43 Å². The van der Waals surface area contributed by atoms with Crippen molar-refractivity contribution in [3.05, 3.63) is 53.8 Å². The van der Waals surface area contributed by atoms with Gasteiger partial charge in [-0.15, -0.1) is 0 Å². The van der Waals surface area contributed by atoms with E-state index < -0.39 is 15.8 Å². The molecule has 0 saturated carbocycles. The molecule has 0 aliphatic heterocycles. The second kappa shape index (κ2) is 5.48. The number of nitrogens with two attached hydrogens (primary N) is 1. The number of aryl methyl sites for hydroxylation is 1. The van der Waals surface area contributed by atoms with Crippen LogP contribution in [0.15, 0.2) is 47.4 Å². The van der Waals surface area contributed by atoms with Crippen LogP contribution in [0.1, 0.15) is 5.56 Å². The van der Waals surface area contributed by atoms with Crippen LogP contribution < -0.4 is 16.0 Å². The summed E-state index contributed by atoms with van der Waals surface area (Å²) in [5, 5.41) is 0. The van der Waals surface area contributed by atoms with Gasteiger partial charge in [0.15, 0.2) is 0 Å². The summed E-state index contributed by atoms with van der Waals surface area (Å²) >= 11 is 0. The maximum atomic E-state index is 13.7. The zero-order valence-electron chi connectivity index (χ0n) is 10.7. The van der Waals surface area contributed by atoms with Gasteiger partial charge >= 0.3 is 0 Å². The zero-order valence-corrected chi connectivity index (χ0v) is 11.5. The SMILES string of the molecule is Cc1cccc(F)c1NS(=O)(=O)c1ccccc1NN. The normalized spacial score (nSPS) is 11.2. The van der Waals surface area contributed by atoms with E-state index in [2.05, 4.69) is 10.1 Å². The first-order chi connectivity index (χ1) is 9.45. The van der Waals surface area contributed by atoms with Gasteiger partial charge in [0.25, 0.3) is 10.0 Å². The summed E-state index contributed by atoms with van der Waals surface area (Å²) in [6, 6.07) is 10.4. The van der Waals surface area contributed by atoms with Crippen molar-refractivity contribution in [3.63, 3.8) is 0 Å². The molecule has 0 heterocycles. The fourth-order valence-corrected chi connectivity index (χ4v) is 3.08. The lowest BCUT2D eigenvalue weighted by Crippen LogP contribution is -2.18. The quantitative estimate of drug-likeness (QED) is 0.596. The Balaban J connectivity index is 2.47. The molecule has 2 rings (SSSR count). The lowest BCUT2D eigenvalue weighted by atomic mass is 10.2. The monoisotopic (exact) mass is 295 g/mol. The van der Waals surface area contributed by atoms with Gasteiger partial charge in [-0.2, -0.15) is 0 Å². The molecule has 5 nitrogen and oxygen atoms in total. The molecule has 0 radical (unpaired) electrons. The van der Waals surface area contributed by atoms with Crippen molar-refractivity contribution in [1.29, 1.82) is 0 Å². The van der Waals surface area contributed by atoms with Crippen LogP contribution in [0.25, 0.3) is 0 Å². The second-order valence-corrected chi connectivity index (χ2v) is 5.83. The number of benzene rings is 2. The summed E-state index contributed by atoms with van der Waals surface area (Å²) in [4.78, 5) is -0.0508. The number of hydrogen-bond acceptors (Lipinski definition) is 4. The smallest absolute Gasteiger partial charge is 0.264 e. The zero-order chi connectivity index (χ0) is 14.8. The molecule has 0 aliphatic rings. The van der Waals surface area contributed by atoms with Gasteiger partial charge in [0, 0.05) is 0 Å². The number of hydrazine groups is 1. The first-order valence-electron chi connectivity index (χ1n) is 5.79. The van der Waals surface area contributed by atoms with Crippen molar-refractivity contribution in [1.82, 2.24) is 0 Å². The first-order valence-corrected chi connectivity index (χ1v) is 7.27. The number of nitrogens with one attached hydrogen (secondary N) is 2. The van der Waals surface area contributed by atoms with E-state index in [0.29, 0.717) is 5.56 Å². The van der Waals surface area contributed by atoms with Crippen molar-refractivity contribution >= 4 is 21.4 Å². The molecule has 0 spiro atoms. The summed E-state index contributed by atoms with van der Waals surface area (Å²) < 4.78 is 40.6.